The van der Waals surface area contributed by atoms with Crippen LogP contribution >= 0.6 is 0 Å². The minimum Gasteiger partial charge on any atom is -0.496 e. The number of nitrogens with zero attached hydrogens (tertiary/aromatic N) is 1. The van der Waals surface area contributed by atoms with Gasteiger partial charge < -0.3 is 10.5 Å². The molecule has 1 saturated carbocycles. The second-order valence-corrected chi connectivity index (χ2v) is 5.20. The highest BCUT2D eigenvalue weighted by Crippen LogP contribution is 2.32. The lowest BCUT2D eigenvalue weighted by Crippen LogP contribution is -2.35. The molecule has 1 fully saturated rings. The van der Waals surface area contributed by atoms with Crippen molar-refractivity contribution in [2.45, 2.75) is 31.6 Å². The van der Waals surface area contributed by atoms with E-state index in [0.29, 0.717) is 16.9 Å². The highest BCUT2D eigenvalue weighted by molar-refractivity contribution is 5.97. The molecule has 7 heteroatoms. The molecule has 0 aromatic heterocycles. The van der Waals surface area contributed by atoms with Gasteiger partial charge in [-0.05, 0) is 30.5 Å². The SMILES string of the molecule is COc1cc(CN(CC(F)(F)F)C2CC2)ccc1C(=N)N. The molecule has 0 radical (unpaired) electrons. The Morgan fingerprint density at radius 2 is 2.10 bits per heavy atom. The largest absolute Gasteiger partial charge is 0.496 e. The first-order valence-electron chi connectivity index (χ1n) is 6.62. The molecule has 0 saturated heterocycles. The Bertz CT molecular complexity index is 527. The van der Waals surface area contributed by atoms with Crippen molar-refractivity contribution in [1.29, 1.82) is 5.41 Å². The molecule has 0 unspecified atom stereocenters. The number of amidine groups is 1. The summed E-state index contributed by atoms with van der Waals surface area (Å²) in [5.74, 6) is 0.274. The predicted molar refractivity (Wildman–Crippen MR) is 73.5 cm³/mol. The van der Waals surface area contributed by atoms with Gasteiger partial charge in [-0.15, -0.1) is 0 Å². The topological polar surface area (TPSA) is 62.3 Å². The molecular weight excluding hydrogens is 283 g/mol. The normalized spacial score (nSPS) is 15.3. The number of methoxy groups -OCH3 is 1. The number of rotatable bonds is 6. The summed E-state index contributed by atoms with van der Waals surface area (Å²) in [5, 5.41) is 7.43. The quantitative estimate of drug-likeness (QED) is 0.627. The van der Waals surface area contributed by atoms with E-state index in [1.165, 1.54) is 12.0 Å². The van der Waals surface area contributed by atoms with Gasteiger partial charge in [-0.25, -0.2) is 0 Å². The number of alkyl halides is 3. The average Bonchev–Trinajstić information content (AvgIpc) is 3.20. The summed E-state index contributed by atoms with van der Waals surface area (Å²) in [6.07, 6.45) is -2.59. The summed E-state index contributed by atoms with van der Waals surface area (Å²) in [6.45, 7) is -0.701. The number of hydrogen-bond donors (Lipinski definition) is 2. The van der Waals surface area contributed by atoms with Crippen molar-refractivity contribution >= 4 is 5.84 Å². The van der Waals surface area contributed by atoms with E-state index in [4.69, 9.17) is 15.9 Å². The van der Waals surface area contributed by atoms with E-state index in [0.717, 1.165) is 12.8 Å². The van der Waals surface area contributed by atoms with E-state index in [1.54, 1.807) is 18.2 Å². The van der Waals surface area contributed by atoms with Crippen LogP contribution in [0, 0.1) is 5.41 Å². The number of ether oxygens (including phenoxy) is 1. The van der Waals surface area contributed by atoms with Crippen molar-refractivity contribution < 1.29 is 17.9 Å². The van der Waals surface area contributed by atoms with Gasteiger partial charge >= 0.3 is 6.18 Å². The first kappa shape index (κ1) is 15.6. The Hall–Kier alpha value is -1.76. The highest BCUT2D eigenvalue weighted by atomic mass is 19.4. The predicted octanol–water partition coefficient (Wildman–Crippen LogP) is 2.51. The third kappa shape index (κ3) is 4.35. The first-order valence-corrected chi connectivity index (χ1v) is 6.62. The van der Waals surface area contributed by atoms with Gasteiger partial charge in [0.05, 0.1) is 19.2 Å². The zero-order valence-electron chi connectivity index (χ0n) is 11.7. The molecule has 4 nitrogen and oxygen atoms in total. The number of benzene rings is 1. The van der Waals surface area contributed by atoms with E-state index >= 15 is 0 Å². The Morgan fingerprint density at radius 3 is 2.57 bits per heavy atom. The third-order valence-electron chi connectivity index (χ3n) is 3.39. The van der Waals surface area contributed by atoms with Crippen LogP contribution in [0.4, 0.5) is 13.2 Å². The molecule has 1 aliphatic rings. The molecular formula is C14H18F3N3O. The number of nitrogens with one attached hydrogen (secondary N) is 1. The van der Waals surface area contributed by atoms with Gasteiger partial charge in [0.1, 0.15) is 11.6 Å². The fraction of sp³-hybridized carbons (Fsp3) is 0.500. The maximum absolute atomic E-state index is 12.6. The van der Waals surface area contributed by atoms with Crippen molar-refractivity contribution in [2.75, 3.05) is 13.7 Å². The lowest BCUT2D eigenvalue weighted by atomic mass is 10.1. The maximum Gasteiger partial charge on any atom is 0.401 e. The Balaban J connectivity index is 2.15. The van der Waals surface area contributed by atoms with Gasteiger partial charge in [0.2, 0.25) is 0 Å². The fourth-order valence-electron chi connectivity index (χ4n) is 2.28. The average molecular weight is 301 g/mol. The van der Waals surface area contributed by atoms with Crippen molar-refractivity contribution in [1.82, 2.24) is 4.90 Å². The number of halogens is 3. The molecule has 116 valence electrons. The second-order valence-electron chi connectivity index (χ2n) is 5.20. The standard InChI is InChI=1S/C14H18F3N3O/c1-21-12-6-9(2-5-11(12)13(18)19)7-20(10-3-4-10)8-14(15,16)17/h2,5-6,10H,3-4,7-8H2,1H3,(H3,18,19). The summed E-state index contributed by atoms with van der Waals surface area (Å²) in [6, 6.07) is 4.94. The minimum absolute atomic E-state index is 0.00473. The van der Waals surface area contributed by atoms with E-state index < -0.39 is 12.7 Å². The lowest BCUT2D eigenvalue weighted by molar-refractivity contribution is -0.148. The number of hydrogen-bond acceptors (Lipinski definition) is 3. The van der Waals surface area contributed by atoms with Crippen molar-refractivity contribution in [3.8, 4) is 5.75 Å². The lowest BCUT2D eigenvalue weighted by Gasteiger charge is -2.23. The van der Waals surface area contributed by atoms with E-state index in [-0.39, 0.29) is 18.4 Å². The zero-order chi connectivity index (χ0) is 15.6. The van der Waals surface area contributed by atoms with Crippen LogP contribution in [0.3, 0.4) is 0 Å². The highest BCUT2D eigenvalue weighted by Gasteiger charge is 2.37. The van der Waals surface area contributed by atoms with Crippen LogP contribution in [-0.2, 0) is 6.54 Å². The summed E-state index contributed by atoms with van der Waals surface area (Å²) >= 11 is 0. The third-order valence-corrected chi connectivity index (χ3v) is 3.39. The molecule has 0 atom stereocenters. The van der Waals surface area contributed by atoms with Crippen molar-refractivity contribution in [3.63, 3.8) is 0 Å². The van der Waals surface area contributed by atoms with Crippen LogP contribution in [0.25, 0.3) is 0 Å². The Labute approximate surface area is 121 Å². The molecule has 0 bridgehead atoms. The van der Waals surface area contributed by atoms with Crippen molar-refractivity contribution in [2.24, 2.45) is 5.73 Å². The number of nitrogens with two attached hydrogens (primary N) is 1. The van der Waals surface area contributed by atoms with Crippen LogP contribution in [0.5, 0.6) is 5.75 Å². The summed E-state index contributed by atoms with van der Waals surface area (Å²) in [4.78, 5) is 1.43. The molecule has 0 aliphatic heterocycles. The maximum atomic E-state index is 12.6. The Kier molecular flexibility index (Phi) is 4.41. The van der Waals surface area contributed by atoms with E-state index in [1.807, 2.05) is 0 Å². The molecule has 0 spiro atoms. The van der Waals surface area contributed by atoms with Gasteiger partial charge in [0.15, 0.2) is 0 Å². The van der Waals surface area contributed by atoms with Crippen LogP contribution in [0.1, 0.15) is 24.0 Å². The second kappa shape index (κ2) is 5.93. The van der Waals surface area contributed by atoms with Gasteiger partial charge in [0, 0.05) is 12.6 Å². The molecule has 3 N–H and O–H groups in total. The molecule has 1 aromatic rings. The summed E-state index contributed by atoms with van der Waals surface area (Å²) < 4.78 is 42.9. The Morgan fingerprint density at radius 1 is 1.43 bits per heavy atom. The van der Waals surface area contributed by atoms with E-state index in [9.17, 15) is 13.2 Å². The van der Waals surface area contributed by atoms with Crippen LogP contribution < -0.4 is 10.5 Å². The van der Waals surface area contributed by atoms with Crippen LogP contribution in [-0.4, -0.2) is 36.6 Å². The smallest absolute Gasteiger partial charge is 0.401 e. The van der Waals surface area contributed by atoms with Crippen molar-refractivity contribution in [3.05, 3.63) is 29.3 Å². The summed E-state index contributed by atoms with van der Waals surface area (Å²) in [5.41, 5.74) is 6.58. The van der Waals surface area contributed by atoms with Gasteiger partial charge in [-0.1, -0.05) is 6.07 Å². The summed E-state index contributed by atoms with van der Waals surface area (Å²) in [7, 11) is 1.44. The van der Waals surface area contributed by atoms with Crippen LogP contribution in [0.15, 0.2) is 18.2 Å². The molecule has 0 amide bonds. The molecule has 0 heterocycles. The first-order chi connectivity index (χ1) is 9.80. The van der Waals surface area contributed by atoms with Gasteiger partial charge in [0.25, 0.3) is 0 Å². The van der Waals surface area contributed by atoms with Crippen LogP contribution in [0.2, 0.25) is 0 Å². The molecule has 1 aliphatic carbocycles. The minimum atomic E-state index is -4.20. The molecule has 1 aromatic carbocycles. The van der Waals surface area contributed by atoms with Gasteiger partial charge in [-0.2, -0.15) is 13.2 Å². The number of nitrogen functional groups attached to an aromatic ring is 1. The zero-order valence-corrected chi connectivity index (χ0v) is 11.7. The van der Waals surface area contributed by atoms with Gasteiger partial charge in [-0.3, -0.25) is 10.3 Å². The fourth-order valence-corrected chi connectivity index (χ4v) is 2.28. The monoisotopic (exact) mass is 301 g/mol. The molecule has 21 heavy (non-hydrogen) atoms. The van der Waals surface area contributed by atoms with E-state index in [2.05, 4.69) is 0 Å². The molecule has 2 rings (SSSR count).